The molecule has 0 saturated carbocycles. The van der Waals surface area contributed by atoms with Crippen LogP contribution in [0.1, 0.15) is 214 Å². The molecular formula is C41H78O6. The van der Waals surface area contributed by atoms with Gasteiger partial charge in [0, 0.05) is 19.3 Å². The molecule has 0 aromatic heterocycles. The van der Waals surface area contributed by atoms with Gasteiger partial charge in [-0.2, -0.15) is 0 Å². The van der Waals surface area contributed by atoms with Gasteiger partial charge in [0.25, 0.3) is 0 Å². The molecule has 1 unspecified atom stereocenters. The van der Waals surface area contributed by atoms with Crippen molar-refractivity contribution in [3.8, 4) is 0 Å². The summed E-state index contributed by atoms with van der Waals surface area (Å²) in [6.07, 6.45) is 29.7. The summed E-state index contributed by atoms with van der Waals surface area (Å²) in [5.41, 5.74) is 0. The van der Waals surface area contributed by atoms with Crippen LogP contribution in [0.2, 0.25) is 0 Å². The Labute approximate surface area is 291 Å². The standard InChI is InChI=1S/C41H78O6/c1-6-8-9-19-26-31-39(42)45-34-38(47-41(44)33-28-23-18-14-13-16-21-25-30-37(5)7-2)35-46-40(43)32-27-22-17-12-10-11-15-20-24-29-36(3)4/h36-38H,6-35H2,1-5H3/t37?,38-/m1/s1. The van der Waals surface area contributed by atoms with Crippen LogP contribution in [-0.4, -0.2) is 37.2 Å². The zero-order chi connectivity index (χ0) is 34.8. The highest BCUT2D eigenvalue weighted by Gasteiger charge is 2.19. The van der Waals surface area contributed by atoms with Crippen LogP contribution in [0, 0.1) is 11.8 Å². The fourth-order valence-corrected chi connectivity index (χ4v) is 5.84. The van der Waals surface area contributed by atoms with E-state index in [1.54, 1.807) is 0 Å². The Morgan fingerprint density at radius 3 is 1.21 bits per heavy atom. The molecule has 47 heavy (non-hydrogen) atoms. The van der Waals surface area contributed by atoms with Gasteiger partial charge in [0.1, 0.15) is 13.2 Å². The van der Waals surface area contributed by atoms with Gasteiger partial charge in [-0.25, -0.2) is 0 Å². The summed E-state index contributed by atoms with van der Waals surface area (Å²) in [5, 5.41) is 0. The molecule has 6 nitrogen and oxygen atoms in total. The lowest BCUT2D eigenvalue weighted by Crippen LogP contribution is -2.30. The Hall–Kier alpha value is -1.59. The highest BCUT2D eigenvalue weighted by Crippen LogP contribution is 2.16. The minimum atomic E-state index is -0.758. The van der Waals surface area contributed by atoms with E-state index in [-0.39, 0.29) is 31.1 Å². The SMILES string of the molecule is CCCCCCCC(=O)OC[C@H](COC(=O)CCCCCCCCCCCC(C)C)OC(=O)CCCCCCCCCCC(C)CC. The van der Waals surface area contributed by atoms with E-state index >= 15 is 0 Å². The molecule has 0 N–H and O–H groups in total. The highest BCUT2D eigenvalue weighted by atomic mass is 16.6. The van der Waals surface area contributed by atoms with Crippen LogP contribution < -0.4 is 0 Å². The molecule has 0 heterocycles. The maximum Gasteiger partial charge on any atom is 0.306 e. The van der Waals surface area contributed by atoms with Crippen LogP contribution in [0.5, 0.6) is 0 Å². The summed E-state index contributed by atoms with van der Waals surface area (Å²) >= 11 is 0. The second-order valence-electron chi connectivity index (χ2n) is 14.6. The molecule has 278 valence electrons. The zero-order valence-corrected chi connectivity index (χ0v) is 31.9. The molecule has 0 bridgehead atoms. The van der Waals surface area contributed by atoms with Crippen LogP contribution in [0.15, 0.2) is 0 Å². The predicted octanol–water partition coefficient (Wildman–Crippen LogP) is 12.2. The van der Waals surface area contributed by atoms with Crippen molar-refractivity contribution in [3.05, 3.63) is 0 Å². The molecule has 0 saturated heterocycles. The van der Waals surface area contributed by atoms with Gasteiger partial charge in [-0.3, -0.25) is 14.4 Å². The monoisotopic (exact) mass is 667 g/mol. The summed E-state index contributed by atoms with van der Waals surface area (Å²) < 4.78 is 16.5. The number of rotatable bonds is 35. The molecule has 0 rings (SSSR count). The summed E-state index contributed by atoms with van der Waals surface area (Å²) in [5.74, 6) is 0.773. The number of ether oxygens (including phenoxy) is 3. The molecule has 0 spiro atoms. The number of carbonyl (C=O) groups is 3. The Balaban J connectivity index is 4.27. The largest absolute Gasteiger partial charge is 0.462 e. The number of esters is 3. The van der Waals surface area contributed by atoms with Crippen molar-refractivity contribution in [2.75, 3.05) is 13.2 Å². The molecule has 0 aliphatic heterocycles. The molecule has 0 aliphatic rings. The fourth-order valence-electron chi connectivity index (χ4n) is 5.84. The van der Waals surface area contributed by atoms with E-state index in [1.807, 2.05) is 0 Å². The van der Waals surface area contributed by atoms with E-state index in [9.17, 15) is 14.4 Å². The third kappa shape index (κ3) is 34.1. The van der Waals surface area contributed by atoms with Crippen molar-refractivity contribution in [1.29, 1.82) is 0 Å². The van der Waals surface area contributed by atoms with Crippen molar-refractivity contribution >= 4 is 17.9 Å². The first-order valence-electron chi connectivity index (χ1n) is 20.3. The van der Waals surface area contributed by atoms with Gasteiger partial charge >= 0.3 is 17.9 Å². The number of unbranched alkanes of at least 4 members (excludes halogenated alkanes) is 19. The summed E-state index contributed by atoms with van der Waals surface area (Å²) in [7, 11) is 0. The molecule has 0 fully saturated rings. The van der Waals surface area contributed by atoms with Crippen LogP contribution in [0.25, 0.3) is 0 Å². The minimum absolute atomic E-state index is 0.0673. The van der Waals surface area contributed by atoms with Gasteiger partial charge in [-0.1, -0.05) is 176 Å². The highest BCUT2D eigenvalue weighted by molar-refractivity contribution is 5.71. The minimum Gasteiger partial charge on any atom is -0.462 e. The topological polar surface area (TPSA) is 78.9 Å². The van der Waals surface area contributed by atoms with Crippen LogP contribution in [0.3, 0.4) is 0 Å². The van der Waals surface area contributed by atoms with Gasteiger partial charge in [0.15, 0.2) is 6.10 Å². The number of carbonyl (C=O) groups excluding carboxylic acids is 3. The average molecular weight is 667 g/mol. The van der Waals surface area contributed by atoms with Gasteiger partial charge < -0.3 is 14.2 Å². The number of hydrogen-bond donors (Lipinski definition) is 0. The molecule has 0 aromatic rings. The third-order valence-corrected chi connectivity index (χ3v) is 9.33. The molecular weight excluding hydrogens is 588 g/mol. The van der Waals surface area contributed by atoms with Gasteiger partial charge in [0.05, 0.1) is 0 Å². The fraction of sp³-hybridized carbons (Fsp3) is 0.927. The maximum atomic E-state index is 12.6. The number of hydrogen-bond acceptors (Lipinski definition) is 6. The maximum absolute atomic E-state index is 12.6. The summed E-state index contributed by atoms with van der Waals surface area (Å²) in [6.45, 7) is 11.2. The van der Waals surface area contributed by atoms with E-state index in [1.165, 1.54) is 96.3 Å². The summed E-state index contributed by atoms with van der Waals surface area (Å²) in [4.78, 5) is 37.3. The first kappa shape index (κ1) is 45.4. The van der Waals surface area contributed by atoms with Crippen molar-refractivity contribution in [2.45, 2.75) is 221 Å². The second kappa shape index (κ2) is 34.3. The van der Waals surface area contributed by atoms with E-state index in [4.69, 9.17) is 14.2 Å². The smallest absolute Gasteiger partial charge is 0.306 e. The third-order valence-electron chi connectivity index (χ3n) is 9.33. The Morgan fingerprint density at radius 2 is 0.809 bits per heavy atom. The lowest BCUT2D eigenvalue weighted by Gasteiger charge is -2.18. The van der Waals surface area contributed by atoms with E-state index in [0.29, 0.717) is 19.3 Å². The Bertz CT molecular complexity index is 721. The lowest BCUT2D eigenvalue weighted by atomic mass is 9.99. The van der Waals surface area contributed by atoms with E-state index in [2.05, 4.69) is 34.6 Å². The molecule has 0 aliphatic carbocycles. The average Bonchev–Trinajstić information content (AvgIpc) is 3.05. The van der Waals surface area contributed by atoms with Gasteiger partial charge in [-0.05, 0) is 31.1 Å². The van der Waals surface area contributed by atoms with Crippen molar-refractivity contribution in [1.82, 2.24) is 0 Å². The summed E-state index contributed by atoms with van der Waals surface area (Å²) in [6, 6.07) is 0. The molecule has 0 amide bonds. The van der Waals surface area contributed by atoms with Crippen LogP contribution in [-0.2, 0) is 28.6 Å². The van der Waals surface area contributed by atoms with Crippen LogP contribution >= 0.6 is 0 Å². The predicted molar refractivity (Wildman–Crippen MR) is 196 cm³/mol. The van der Waals surface area contributed by atoms with Gasteiger partial charge in [0.2, 0.25) is 0 Å². The first-order chi connectivity index (χ1) is 22.8. The van der Waals surface area contributed by atoms with Crippen molar-refractivity contribution in [3.63, 3.8) is 0 Å². The quantitative estimate of drug-likeness (QED) is 0.0380. The first-order valence-corrected chi connectivity index (χ1v) is 20.3. The normalized spacial score (nSPS) is 12.6. The molecule has 6 heteroatoms. The van der Waals surface area contributed by atoms with Crippen molar-refractivity contribution in [2.24, 2.45) is 11.8 Å². The molecule has 0 aromatic carbocycles. The zero-order valence-electron chi connectivity index (χ0n) is 31.9. The Morgan fingerprint density at radius 1 is 0.447 bits per heavy atom. The van der Waals surface area contributed by atoms with Crippen LogP contribution in [0.4, 0.5) is 0 Å². The van der Waals surface area contributed by atoms with E-state index in [0.717, 1.165) is 76.0 Å². The van der Waals surface area contributed by atoms with Gasteiger partial charge in [-0.15, -0.1) is 0 Å². The molecule has 2 atom stereocenters. The Kier molecular flexibility index (Phi) is 33.1. The molecule has 0 radical (unpaired) electrons. The van der Waals surface area contributed by atoms with Crippen molar-refractivity contribution < 1.29 is 28.6 Å². The lowest BCUT2D eigenvalue weighted by molar-refractivity contribution is -0.167. The van der Waals surface area contributed by atoms with E-state index < -0.39 is 6.10 Å². The second-order valence-corrected chi connectivity index (χ2v) is 14.6.